The van der Waals surface area contributed by atoms with Crippen LogP contribution < -0.4 is 0 Å². The van der Waals surface area contributed by atoms with E-state index in [1.54, 1.807) is 0 Å². The van der Waals surface area contributed by atoms with Gasteiger partial charge in [-0.3, -0.25) is 4.98 Å². The van der Waals surface area contributed by atoms with E-state index in [0.29, 0.717) is 5.92 Å². The molecular formula is C15H19N. The summed E-state index contributed by atoms with van der Waals surface area (Å²) in [5.41, 5.74) is 1.25. The van der Waals surface area contributed by atoms with E-state index < -0.39 is 0 Å². The van der Waals surface area contributed by atoms with Crippen LogP contribution in [0.3, 0.4) is 0 Å². The van der Waals surface area contributed by atoms with Gasteiger partial charge in [-0.05, 0) is 24.3 Å². The van der Waals surface area contributed by atoms with Gasteiger partial charge < -0.3 is 0 Å². The van der Waals surface area contributed by atoms with Crippen molar-refractivity contribution in [3.63, 3.8) is 0 Å². The van der Waals surface area contributed by atoms with Crippen molar-refractivity contribution in [2.24, 2.45) is 0 Å². The van der Waals surface area contributed by atoms with E-state index in [-0.39, 0.29) is 0 Å². The van der Waals surface area contributed by atoms with Crippen LogP contribution in [0.5, 0.6) is 0 Å². The van der Waals surface area contributed by atoms with Gasteiger partial charge in [0.15, 0.2) is 0 Å². The van der Waals surface area contributed by atoms with E-state index in [4.69, 9.17) is 0 Å². The first-order chi connectivity index (χ1) is 7.85. The second kappa shape index (κ2) is 5.11. The molecule has 0 radical (unpaired) electrons. The Hall–Kier alpha value is -1.37. The minimum absolute atomic E-state index is 0.620. The molecule has 0 N–H and O–H groups in total. The van der Waals surface area contributed by atoms with Crippen LogP contribution in [0.1, 0.15) is 44.7 Å². The molecule has 2 rings (SSSR count). The van der Waals surface area contributed by atoms with Crippen molar-refractivity contribution in [2.75, 3.05) is 0 Å². The number of hydrogen-bond donors (Lipinski definition) is 0. The molecule has 1 atom stereocenters. The fourth-order valence-corrected chi connectivity index (χ4v) is 2.23. The SMILES string of the molecule is CCCC(CC)c1cc2ccccc2cn1. The zero-order valence-electron chi connectivity index (χ0n) is 10.1. The highest BCUT2D eigenvalue weighted by Crippen LogP contribution is 2.25. The zero-order chi connectivity index (χ0) is 11.4. The largest absolute Gasteiger partial charge is 0.260 e. The van der Waals surface area contributed by atoms with Gasteiger partial charge in [-0.1, -0.05) is 44.5 Å². The average molecular weight is 213 g/mol. The first-order valence-electron chi connectivity index (χ1n) is 6.19. The van der Waals surface area contributed by atoms with E-state index in [1.807, 2.05) is 6.20 Å². The van der Waals surface area contributed by atoms with Crippen LogP contribution in [-0.2, 0) is 0 Å². The summed E-state index contributed by atoms with van der Waals surface area (Å²) < 4.78 is 0. The molecule has 0 amide bonds. The molecule has 1 aromatic carbocycles. The van der Waals surface area contributed by atoms with Gasteiger partial charge in [-0.2, -0.15) is 0 Å². The summed E-state index contributed by atoms with van der Waals surface area (Å²) in [7, 11) is 0. The first kappa shape index (κ1) is 11.1. The fourth-order valence-electron chi connectivity index (χ4n) is 2.23. The second-order valence-electron chi connectivity index (χ2n) is 4.35. The van der Waals surface area contributed by atoms with Crippen molar-refractivity contribution in [3.8, 4) is 0 Å². The Morgan fingerprint density at radius 1 is 1.12 bits per heavy atom. The second-order valence-corrected chi connectivity index (χ2v) is 4.35. The van der Waals surface area contributed by atoms with E-state index in [2.05, 4.69) is 49.2 Å². The van der Waals surface area contributed by atoms with Gasteiger partial charge in [0.1, 0.15) is 0 Å². The lowest BCUT2D eigenvalue weighted by Gasteiger charge is -2.13. The highest BCUT2D eigenvalue weighted by Gasteiger charge is 2.09. The molecule has 84 valence electrons. The molecule has 1 unspecified atom stereocenters. The molecule has 1 heterocycles. The van der Waals surface area contributed by atoms with Crippen molar-refractivity contribution in [1.82, 2.24) is 4.98 Å². The smallest absolute Gasteiger partial charge is 0.0440 e. The van der Waals surface area contributed by atoms with Gasteiger partial charge in [0.05, 0.1) is 0 Å². The summed E-state index contributed by atoms with van der Waals surface area (Å²) in [4.78, 5) is 4.60. The van der Waals surface area contributed by atoms with Gasteiger partial charge in [0.2, 0.25) is 0 Å². The molecule has 0 aliphatic carbocycles. The number of benzene rings is 1. The monoisotopic (exact) mass is 213 g/mol. The van der Waals surface area contributed by atoms with Gasteiger partial charge in [-0.15, -0.1) is 0 Å². The molecule has 2 aromatic rings. The topological polar surface area (TPSA) is 12.9 Å². The molecule has 0 saturated heterocycles. The molecule has 1 nitrogen and oxygen atoms in total. The van der Waals surface area contributed by atoms with E-state index in [1.165, 1.54) is 35.7 Å². The third kappa shape index (κ3) is 2.24. The molecule has 0 bridgehead atoms. The average Bonchev–Trinajstić information content (AvgIpc) is 2.35. The van der Waals surface area contributed by atoms with Gasteiger partial charge >= 0.3 is 0 Å². The quantitative estimate of drug-likeness (QED) is 0.727. The van der Waals surface area contributed by atoms with Crippen LogP contribution in [0.15, 0.2) is 36.5 Å². The Morgan fingerprint density at radius 3 is 2.56 bits per heavy atom. The van der Waals surface area contributed by atoms with E-state index in [0.717, 1.165) is 0 Å². The third-order valence-electron chi connectivity index (χ3n) is 3.20. The number of hydrogen-bond acceptors (Lipinski definition) is 1. The lowest BCUT2D eigenvalue weighted by Crippen LogP contribution is -1.99. The van der Waals surface area contributed by atoms with Crippen molar-refractivity contribution in [1.29, 1.82) is 0 Å². The Kier molecular flexibility index (Phi) is 3.55. The van der Waals surface area contributed by atoms with Gasteiger partial charge in [0, 0.05) is 23.2 Å². The molecule has 16 heavy (non-hydrogen) atoms. The van der Waals surface area contributed by atoms with Crippen LogP contribution in [0.2, 0.25) is 0 Å². The van der Waals surface area contributed by atoms with Crippen molar-refractivity contribution >= 4 is 10.8 Å². The predicted molar refractivity (Wildman–Crippen MR) is 69.7 cm³/mol. The molecule has 0 spiro atoms. The van der Waals surface area contributed by atoms with E-state index in [9.17, 15) is 0 Å². The molecule has 1 aromatic heterocycles. The predicted octanol–water partition coefficient (Wildman–Crippen LogP) is 4.53. The van der Waals surface area contributed by atoms with Gasteiger partial charge in [-0.25, -0.2) is 0 Å². The Labute approximate surface area is 97.5 Å². The fraction of sp³-hybridized carbons (Fsp3) is 0.400. The van der Waals surface area contributed by atoms with Crippen molar-refractivity contribution in [2.45, 2.75) is 39.0 Å². The van der Waals surface area contributed by atoms with Crippen LogP contribution in [0.4, 0.5) is 0 Å². The lowest BCUT2D eigenvalue weighted by atomic mass is 9.95. The summed E-state index contributed by atoms with van der Waals surface area (Å²) in [5.74, 6) is 0.620. The number of rotatable bonds is 4. The maximum absolute atomic E-state index is 4.60. The molecule has 0 fully saturated rings. The minimum atomic E-state index is 0.620. The number of nitrogens with zero attached hydrogens (tertiary/aromatic N) is 1. The maximum atomic E-state index is 4.60. The normalized spacial score (nSPS) is 12.9. The number of pyridine rings is 1. The summed E-state index contributed by atoms with van der Waals surface area (Å²) >= 11 is 0. The molecule has 0 saturated carbocycles. The summed E-state index contributed by atoms with van der Waals surface area (Å²) in [6, 6.07) is 10.7. The minimum Gasteiger partial charge on any atom is -0.260 e. The molecule has 0 aliphatic rings. The Balaban J connectivity index is 2.37. The third-order valence-corrected chi connectivity index (χ3v) is 3.20. The van der Waals surface area contributed by atoms with Gasteiger partial charge in [0.25, 0.3) is 0 Å². The summed E-state index contributed by atoms with van der Waals surface area (Å²) in [6.45, 7) is 4.49. The number of aromatic nitrogens is 1. The highest BCUT2D eigenvalue weighted by molar-refractivity contribution is 5.81. The van der Waals surface area contributed by atoms with Crippen molar-refractivity contribution in [3.05, 3.63) is 42.2 Å². The van der Waals surface area contributed by atoms with Crippen LogP contribution in [0.25, 0.3) is 10.8 Å². The molecule has 0 aliphatic heterocycles. The Bertz CT molecular complexity index is 462. The number of fused-ring (bicyclic) bond motifs is 1. The maximum Gasteiger partial charge on any atom is 0.0440 e. The standard InChI is InChI=1S/C15H19N/c1-3-7-12(4-2)15-10-13-8-5-6-9-14(13)11-16-15/h5-6,8-12H,3-4,7H2,1-2H3. The molecule has 1 heteroatoms. The van der Waals surface area contributed by atoms with Crippen LogP contribution in [-0.4, -0.2) is 4.98 Å². The Morgan fingerprint density at radius 2 is 1.88 bits per heavy atom. The highest BCUT2D eigenvalue weighted by atomic mass is 14.7. The first-order valence-corrected chi connectivity index (χ1v) is 6.19. The summed E-state index contributed by atoms with van der Waals surface area (Å²) in [6.07, 6.45) is 5.65. The van der Waals surface area contributed by atoms with Crippen molar-refractivity contribution < 1.29 is 0 Å². The molecular weight excluding hydrogens is 194 g/mol. The van der Waals surface area contributed by atoms with E-state index >= 15 is 0 Å². The van der Waals surface area contributed by atoms with Crippen LogP contribution >= 0.6 is 0 Å². The zero-order valence-corrected chi connectivity index (χ0v) is 10.1. The van der Waals surface area contributed by atoms with Crippen LogP contribution in [0, 0.1) is 0 Å². The summed E-state index contributed by atoms with van der Waals surface area (Å²) in [5, 5.41) is 2.54. The lowest BCUT2D eigenvalue weighted by molar-refractivity contribution is 0.582.